The summed E-state index contributed by atoms with van der Waals surface area (Å²) < 4.78 is 37.1. The molecule has 0 fully saturated rings. The highest BCUT2D eigenvalue weighted by Crippen LogP contribution is 2.27. The Bertz CT molecular complexity index is 483. The lowest BCUT2D eigenvalue weighted by atomic mass is 10.4. The SMILES string of the molecule is FC(F)(F)c1ccnc(NCc2cncs2)n1. The van der Waals surface area contributed by atoms with Gasteiger partial charge >= 0.3 is 6.18 Å². The lowest BCUT2D eigenvalue weighted by Gasteiger charge is -2.07. The van der Waals surface area contributed by atoms with Gasteiger partial charge in [-0.25, -0.2) is 9.97 Å². The van der Waals surface area contributed by atoms with Gasteiger partial charge in [0.1, 0.15) is 5.69 Å². The highest BCUT2D eigenvalue weighted by Gasteiger charge is 2.32. The first-order valence-corrected chi connectivity index (χ1v) is 5.45. The second-order valence-corrected chi connectivity index (χ2v) is 4.06. The van der Waals surface area contributed by atoms with Crippen LogP contribution in [0.2, 0.25) is 0 Å². The fourth-order valence-corrected chi connectivity index (χ4v) is 1.63. The number of alkyl halides is 3. The molecule has 0 unspecified atom stereocenters. The number of halogens is 3. The molecule has 2 rings (SSSR count). The van der Waals surface area contributed by atoms with Gasteiger partial charge in [-0.05, 0) is 6.07 Å². The highest BCUT2D eigenvalue weighted by atomic mass is 32.1. The maximum absolute atomic E-state index is 12.4. The molecule has 0 saturated carbocycles. The normalized spacial score (nSPS) is 11.5. The molecular formula is C9H7F3N4S. The Balaban J connectivity index is 2.07. The molecule has 4 nitrogen and oxygen atoms in total. The Morgan fingerprint density at radius 2 is 2.18 bits per heavy atom. The van der Waals surface area contributed by atoms with E-state index in [-0.39, 0.29) is 5.95 Å². The maximum Gasteiger partial charge on any atom is 0.433 e. The summed E-state index contributed by atoms with van der Waals surface area (Å²) in [5, 5.41) is 2.71. The van der Waals surface area contributed by atoms with Crippen molar-refractivity contribution in [1.29, 1.82) is 0 Å². The number of anilines is 1. The number of aromatic nitrogens is 3. The van der Waals surface area contributed by atoms with Crippen molar-refractivity contribution in [3.63, 3.8) is 0 Å². The molecule has 0 aromatic carbocycles. The summed E-state index contributed by atoms with van der Waals surface area (Å²) in [6.45, 7) is 0.353. The molecule has 17 heavy (non-hydrogen) atoms. The van der Waals surface area contributed by atoms with Crippen LogP contribution in [-0.4, -0.2) is 15.0 Å². The molecule has 2 aromatic rings. The number of nitrogens with zero attached hydrogens (tertiary/aromatic N) is 3. The summed E-state index contributed by atoms with van der Waals surface area (Å²) in [7, 11) is 0. The number of rotatable bonds is 3. The molecule has 0 aliphatic rings. The molecule has 2 aromatic heterocycles. The van der Waals surface area contributed by atoms with Crippen LogP contribution in [0, 0.1) is 0 Å². The van der Waals surface area contributed by atoms with Gasteiger partial charge in [-0.3, -0.25) is 4.98 Å². The Labute approximate surface area is 98.6 Å². The van der Waals surface area contributed by atoms with Crippen LogP contribution >= 0.6 is 11.3 Å². The monoisotopic (exact) mass is 260 g/mol. The molecule has 0 aliphatic carbocycles. The molecule has 0 bridgehead atoms. The zero-order valence-electron chi connectivity index (χ0n) is 8.40. The van der Waals surface area contributed by atoms with E-state index in [1.54, 1.807) is 11.7 Å². The van der Waals surface area contributed by atoms with Crippen molar-refractivity contribution in [1.82, 2.24) is 15.0 Å². The van der Waals surface area contributed by atoms with E-state index in [1.165, 1.54) is 11.3 Å². The predicted molar refractivity (Wildman–Crippen MR) is 56.5 cm³/mol. The third kappa shape index (κ3) is 3.13. The van der Waals surface area contributed by atoms with Crippen molar-refractivity contribution in [3.8, 4) is 0 Å². The van der Waals surface area contributed by atoms with Gasteiger partial charge in [0.15, 0.2) is 0 Å². The lowest BCUT2D eigenvalue weighted by molar-refractivity contribution is -0.141. The first-order valence-electron chi connectivity index (χ1n) is 4.57. The van der Waals surface area contributed by atoms with Crippen LogP contribution in [0.4, 0.5) is 19.1 Å². The van der Waals surface area contributed by atoms with E-state index in [9.17, 15) is 13.2 Å². The van der Waals surface area contributed by atoms with E-state index < -0.39 is 11.9 Å². The van der Waals surface area contributed by atoms with Crippen molar-refractivity contribution < 1.29 is 13.2 Å². The Hall–Kier alpha value is -1.70. The topological polar surface area (TPSA) is 50.7 Å². The summed E-state index contributed by atoms with van der Waals surface area (Å²) in [6.07, 6.45) is -1.75. The van der Waals surface area contributed by atoms with Crippen LogP contribution < -0.4 is 5.32 Å². The fourth-order valence-electron chi connectivity index (χ4n) is 1.10. The maximum atomic E-state index is 12.4. The molecule has 0 spiro atoms. The van der Waals surface area contributed by atoms with Crippen LogP contribution in [0.1, 0.15) is 10.6 Å². The minimum Gasteiger partial charge on any atom is -0.349 e. The Morgan fingerprint density at radius 1 is 1.35 bits per heavy atom. The summed E-state index contributed by atoms with van der Waals surface area (Å²) >= 11 is 1.40. The van der Waals surface area contributed by atoms with E-state index in [1.807, 2.05) is 0 Å². The first kappa shape index (κ1) is 11.8. The highest BCUT2D eigenvalue weighted by molar-refractivity contribution is 7.09. The summed E-state index contributed by atoms with van der Waals surface area (Å²) in [5.74, 6) is -0.0479. The molecule has 1 N–H and O–H groups in total. The average molecular weight is 260 g/mol. The molecule has 0 saturated heterocycles. The van der Waals surface area contributed by atoms with E-state index in [0.717, 1.165) is 17.1 Å². The molecule has 0 atom stereocenters. The second-order valence-electron chi connectivity index (χ2n) is 3.08. The molecule has 0 amide bonds. The summed E-state index contributed by atoms with van der Waals surface area (Å²) in [5.41, 5.74) is 0.684. The Kier molecular flexibility index (Phi) is 3.23. The molecule has 8 heteroatoms. The summed E-state index contributed by atoms with van der Waals surface area (Å²) in [6, 6.07) is 0.831. The van der Waals surface area contributed by atoms with Gasteiger partial charge in [-0.1, -0.05) is 0 Å². The zero-order chi connectivity index (χ0) is 12.3. The van der Waals surface area contributed by atoms with Crippen LogP contribution in [0.3, 0.4) is 0 Å². The lowest BCUT2D eigenvalue weighted by Crippen LogP contribution is -2.11. The van der Waals surface area contributed by atoms with E-state index in [4.69, 9.17) is 0 Å². The summed E-state index contributed by atoms with van der Waals surface area (Å²) in [4.78, 5) is 11.8. The van der Waals surface area contributed by atoms with E-state index in [0.29, 0.717) is 6.54 Å². The third-order valence-corrected chi connectivity index (χ3v) is 2.63. The van der Waals surface area contributed by atoms with Crippen molar-refractivity contribution in [3.05, 3.63) is 34.5 Å². The number of nitrogens with one attached hydrogen (secondary N) is 1. The second kappa shape index (κ2) is 4.66. The van der Waals surface area contributed by atoms with Crippen LogP contribution in [0.15, 0.2) is 24.0 Å². The van der Waals surface area contributed by atoms with Gasteiger partial charge in [-0.15, -0.1) is 11.3 Å². The van der Waals surface area contributed by atoms with Gasteiger partial charge in [-0.2, -0.15) is 13.2 Å². The number of hydrogen-bond acceptors (Lipinski definition) is 5. The van der Waals surface area contributed by atoms with E-state index in [2.05, 4.69) is 20.3 Å². The van der Waals surface area contributed by atoms with Gasteiger partial charge < -0.3 is 5.32 Å². The van der Waals surface area contributed by atoms with Crippen LogP contribution in [-0.2, 0) is 12.7 Å². The fraction of sp³-hybridized carbons (Fsp3) is 0.222. The minimum atomic E-state index is -4.45. The van der Waals surface area contributed by atoms with Gasteiger partial charge in [0.2, 0.25) is 5.95 Å². The number of hydrogen-bond donors (Lipinski definition) is 1. The Morgan fingerprint density at radius 3 is 2.82 bits per heavy atom. The zero-order valence-corrected chi connectivity index (χ0v) is 9.22. The van der Waals surface area contributed by atoms with E-state index >= 15 is 0 Å². The number of thiazole rings is 1. The predicted octanol–water partition coefficient (Wildman–Crippen LogP) is 2.56. The molecule has 2 heterocycles. The smallest absolute Gasteiger partial charge is 0.349 e. The van der Waals surface area contributed by atoms with Crippen LogP contribution in [0.25, 0.3) is 0 Å². The van der Waals surface area contributed by atoms with Crippen molar-refractivity contribution >= 4 is 17.3 Å². The van der Waals surface area contributed by atoms with Gasteiger partial charge in [0.25, 0.3) is 0 Å². The van der Waals surface area contributed by atoms with Gasteiger partial charge in [0, 0.05) is 17.3 Å². The van der Waals surface area contributed by atoms with Crippen molar-refractivity contribution in [2.45, 2.75) is 12.7 Å². The first-order chi connectivity index (χ1) is 8.05. The van der Waals surface area contributed by atoms with Crippen molar-refractivity contribution in [2.24, 2.45) is 0 Å². The third-order valence-electron chi connectivity index (χ3n) is 1.85. The quantitative estimate of drug-likeness (QED) is 0.921. The molecule has 90 valence electrons. The standard InChI is InChI=1S/C9H7F3N4S/c10-9(11,12)7-1-2-14-8(16-7)15-4-6-3-13-5-17-6/h1-3,5H,4H2,(H,14,15,16). The average Bonchev–Trinajstić information content (AvgIpc) is 2.78. The molecular weight excluding hydrogens is 253 g/mol. The van der Waals surface area contributed by atoms with Crippen LogP contribution in [0.5, 0.6) is 0 Å². The molecule has 0 aliphatic heterocycles. The molecule has 0 radical (unpaired) electrons. The van der Waals surface area contributed by atoms with Crippen molar-refractivity contribution in [2.75, 3.05) is 5.32 Å². The van der Waals surface area contributed by atoms with Gasteiger partial charge in [0.05, 0.1) is 12.1 Å². The largest absolute Gasteiger partial charge is 0.433 e. The minimum absolute atomic E-state index is 0.0479.